The normalized spacial score (nSPS) is 15.6. The smallest absolute Gasteiger partial charge is 0.475 e. The number of aromatic nitrogens is 1. The molecule has 1 aromatic heterocycles. The van der Waals surface area contributed by atoms with Crippen molar-refractivity contribution >= 4 is 22.7 Å². The Labute approximate surface area is 156 Å². The molecule has 10 heteroatoms. The Morgan fingerprint density at radius 1 is 0.964 bits per heavy atom. The highest BCUT2D eigenvalue weighted by atomic mass is 19.4. The predicted molar refractivity (Wildman–Crippen MR) is 91.1 cm³/mol. The van der Waals surface area contributed by atoms with Crippen LogP contribution >= 0.6 is 0 Å². The van der Waals surface area contributed by atoms with Crippen LogP contribution in [0.4, 0.5) is 32.2 Å². The van der Waals surface area contributed by atoms with E-state index in [0.717, 1.165) is 38.8 Å². The Balaban J connectivity index is 0.000000345. The molecule has 1 N–H and O–H groups in total. The van der Waals surface area contributed by atoms with E-state index in [4.69, 9.17) is 9.90 Å². The third-order valence-electron chi connectivity index (χ3n) is 4.18. The second kappa shape index (κ2) is 8.66. The van der Waals surface area contributed by atoms with Crippen LogP contribution in [0.15, 0.2) is 30.3 Å². The summed E-state index contributed by atoms with van der Waals surface area (Å²) in [6.45, 7) is 1.56. The lowest BCUT2D eigenvalue weighted by atomic mass is 10.1. The molecular formula is C18H18F6N2O2. The molecule has 1 aliphatic rings. The van der Waals surface area contributed by atoms with Crippen LogP contribution in [0.5, 0.6) is 0 Å². The van der Waals surface area contributed by atoms with Gasteiger partial charge < -0.3 is 10.0 Å². The van der Waals surface area contributed by atoms with E-state index >= 15 is 0 Å². The Bertz CT molecular complexity index is 812. The lowest BCUT2D eigenvalue weighted by Crippen LogP contribution is -2.25. The molecule has 3 rings (SSSR count). The molecule has 2 aromatic rings. The van der Waals surface area contributed by atoms with E-state index in [1.807, 2.05) is 4.90 Å². The highest BCUT2D eigenvalue weighted by Gasteiger charge is 2.38. The molecule has 0 amide bonds. The Morgan fingerprint density at radius 2 is 1.50 bits per heavy atom. The summed E-state index contributed by atoms with van der Waals surface area (Å²) < 4.78 is 71.6. The van der Waals surface area contributed by atoms with Gasteiger partial charge in [-0.3, -0.25) is 0 Å². The van der Waals surface area contributed by atoms with Crippen molar-refractivity contribution in [2.75, 3.05) is 18.0 Å². The van der Waals surface area contributed by atoms with E-state index in [1.165, 1.54) is 12.1 Å². The maximum Gasteiger partial charge on any atom is 0.490 e. The van der Waals surface area contributed by atoms with Gasteiger partial charge in [0.05, 0.1) is 11.1 Å². The maximum atomic E-state index is 13.3. The van der Waals surface area contributed by atoms with Crippen molar-refractivity contribution in [3.63, 3.8) is 0 Å². The lowest BCUT2D eigenvalue weighted by molar-refractivity contribution is -0.192. The Hall–Kier alpha value is -2.52. The van der Waals surface area contributed by atoms with E-state index in [2.05, 4.69) is 4.98 Å². The number of para-hydroxylation sites is 1. The van der Waals surface area contributed by atoms with E-state index in [-0.39, 0.29) is 5.39 Å². The van der Waals surface area contributed by atoms with Crippen molar-refractivity contribution in [2.24, 2.45) is 0 Å². The van der Waals surface area contributed by atoms with Crippen LogP contribution in [0.1, 0.15) is 31.2 Å². The van der Waals surface area contributed by atoms with Gasteiger partial charge in [-0.2, -0.15) is 26.3 Å². The molecule has 28 heavy (non-hydrogen) atoms. The number of alkyl halides is 6. The van der Waals surface area contributed by atoms with Crippen molar-refractivity contribution in [3.05, 3.63) is 35.9 Å². The van der Waals surface area contributed by atoms with Gasteiger partial charge in [0.25, 0.3) is 0 Å². The summed E-state index contributed by atoms with van der Waals surface area (Å²) in [7, 11) is 0. The molecule has 0 unspecified atom stereocenters. The number of carboxylic acid groups (broad SMARTS) is 1. The second-order valence-electron chi connectivity index (χ2n) is 6.25. The van der Waals surface area contributed by atoms with Crippen molar-refractivity contribution in [3.8, 4) is 0 Å². The van der Waals surface area contributed by atoms with Gasteiger partial charge >= 0.3 is 18.3 Å². The number of carbonyl (C=O) groups is 1. The van der Waals surface area contributed by atoms with Gasteiger partial charge in [0, 0.05) is 18.5 Å². The van der Waals surface area contributed by atoms with Gasteiger partial charge in [-0.05, 0) is 25.0 Å². The fraction of sp³-hybridized carbons (Fsp3) is 0.444. The molecule has 1 aromatic carbocycles. The number of halogens is 6. The first kappa shape index (κ1) is 21.8. The predicted octanol–water partition coefficient (Wildman–Crippen LogP) is 5.27. The van der Waals surface area contributed by atoms with Gasteiger partial charge in [-0.1, -0.05) is 31.0 Å². The van der Waals surface area contributed by atoms with E-state index in [9.17, 15) is 26.3 Å². The molecule has 2 heterocycles. The third kappa shape index (κ3) is 5.74. The van der Waals surface area contributed by atoms with E-state index in [0.29, 0.717) is 11.3 Å². The minimum absolute atomic E-state index is 0.170. The van der Waals surface area contributed by atoms with Gasteiger partial charge in [0.15, 0.2) is 0 Å². The van der Waals surface area contributed by atoms with Crippen molar-refractivity contribution in [2.45, 2.75) is 38.0 Å². The molecule has 1 saturated heterocycles. The average molecular weight is 408 g/mol. The first-order valence-electron chi connectivity index (χ1n) is 8.52. The molecule has 0 saturated carbocycles. The number of hydrogen-bond acceptors (Lipinski definition) is 3. The summed E-state index contributed by atoms with van der Waals surface area (Å²) in [6, 6.07) is 7.67. The zero-order chi connectivity index (χ0) is 20.9. The average Bonchev–Trinajstić information content (AvgIpc) is 2.89. The number of fused-ring (bicyclic) bond motifs is 1. The molecule has 0 bridgehead atoms. The fourth-order valence-corrected chi connectivity index (χ4v) is 2.86. The summed E-state index contributed by atoms with van der Waals surface area (Å²) >= 11 is 0. The van der Waals surface area contributed by atoms with Gasteiger partial charge in [0.1, 0.15) is 5.82 Å². The van der Waals surface area contributed by atoms with Crippen LogP contribution in [0.2, 0.25) is 0 Å². The van der Waals surface area contributed by atoms with E-state index < -0.39 is 23.9 Å². The molecular weight excluding hydrogens is 390 g/mol. The summed E-state index contributed by atoms with van der Waals surface area (Å²) in [6.07, 6.45) is -5.15. The van der Waals surface area contributed by atoms with E-state index in [1.54, 1.807) is 18.2 Å². The highest BCUT2D eigenvalue weighted by molar-refractivity contribution is 5.84. The third-order valence-corrected chi connectivity index (χ3v) is 4.18. The number of nitrogens with zero attached hydrogens (tertiary/aromatic N) is 2. The minimum atomic E-state index is -5.08. The van der Waals surface area contributed by atoms with Crippen molar-refractivity contribution in [1.82, 2.24) is 4.98 Å². The summed E-state index contributed by atoms with van der Waals surface area (Å²) in [4.78, 5) is 15.3. The van der Waals surface area contributed by atoms with Gasteiger partial charge in [0.2, 0.25) is 0 Å². The first-order valence-corrected chi connectivity index (χ1v) is 8.52. The maximum absolute atomic E-state index is 13.3. The first-order chi connectivity index (χ1) is 13.0. The van der Waals surface area contributed by atoms with Gasteiger partial charge in [-0.25, -0.2) is 9.78 Å². The number of rotatable bonds is 1. The standard InChI is InChI=1S/C16H17F3N2.C2HF3O2/c17-16(18,19)13-11-15(21-9-5-1-2-6-10-21)20-14-8-4-3-7-12(13)14;3-2(4,5)1(6)7/h3-4,7-8,11H,1-2,5-6,9-10H2;(H,6,7). The fourth-order valence-electron chi connectivity index (χ4n) is 2.86. The zero-order valence-electron chi connectivity index (χ0n) is 14.6. The van der Waals surface area contributed by atoms with Crippen molar-refractivity contribution in [1.29, 1.82) is 0 Å². The SMILES string of the molecule is FC(F)(F)c1cc(N2CCCCCC2)nc2ccccc12.O=C(O)C(F)(F)F. The molecule has 0 aliphatic carbocycles. The quantitative estimate of drug-likeness (QED) is 0.654. The molecule has 4 nitrogen and oxygen atoms in total. The number of pyridine rings is 1. The number of aliphatic carboxylic acids is 1. The van der Waals surface area contributed by atoms with Crippen LogP contribution in [0.25, 0.3) is 10.9 Å². The van der Waals surface area contributed by atoms with Crippen molar-refractivity contribution < 1.29 is 36.2 Å². The number of hydrogen-bond donors (Lipinski definition) is 1. The highest BCUT2D eigenvalue weighted by Crippen LogP contribution is 2.36. The number of benzene rings is 1. The zero-order valence-corrected chi connectivity index (χ0v) is 14.6. The van der Waals surface area contributed by atoms with Crippen LogP contribution in [-0.2, 0) is 11.0 Å². The van der Waals surface area contributed by atoms with Crippen LogP contribution in [0.3, 0.4) is 0 Å². The minimum Gasteiger partial charge on any atom is -0.475 e. The number of anilines is 1. The Morgan fingerprint density at radius 3 is 2.00 bits per heavy atom. The van der Waals surface area contributed by atoms with Gasteiger partial charge in [-0.15, -0.1) is 0 Å². The molecule has 1 aliphatic heterocycles. The summed E-state index contributed by atoms with van der Waals surface area (Å²) in [5.74, 6) is -2.31. The monoisotopic (exact) mass is 408 g/mol. The summed E-state index contributed by atoms with van der Waals surface area (Å²) in [5.41, 5.74) is -0.182. The second-order valence-corrected chi connectivity index (χ2v) is 6.25. The van der Waals surface area contributed by atoms with Crippen LogP contribution < -0.4 is 4.90 Å². The molecule has 0 atom stereocenters. The lowest BCUT2D eigenvalue weighted by Gasteiger charge is -2.23. The van der Waals surface area contributed by atoms with Crippen LogP contribution in [0, 0.1) is 0 Å². The molecule has 1 fully saturated rings. The number of carboxylic acids is 1. The topological polar surface area (TPSA) is 53.4 Å². The molecule has 0 radical (unpaired) electrons. The largest absolute Gasteiger partial charge is 0.490 e. The Kier molecular flexibility index (Phi) is 6.73. The van der Waals surface area contributed by atoms with Crippen LogP contribution in [-0.4, -0.2) is 35.3 Å². The summed E-state index contributed by atoms with van der Waals surface area (Å²) in [5, 5.41) is 7.29. The molecule has 154 valence electrons. The molecule has 0 spiro atoms.